The molecular weight excluding hydrogens is 530 g/mol. The maximum atomic E-state index is 13.6. The summed E-state index contributed by atoms with van der Waals surface area (Å²) in [6.45, 7) is 3.64. The second kappa shape index (κ2) is 10.2. The number of benzene rings is 2. The molecule has 0 aliphatic carbocycles. The molecule has 5 rings (SSSR count). The van der Waals surface area contributed by atoms with Gasteiger partial charge in [-0.05, 0) is 43.7 Å². The van der Waals surface area contributed by atoms with Gasteiger partial charge in [-0.1, -0.05) is 53.3 Å². The monoisotopic (exact) mass is 549 g/mol. The Kier molecular flexibility index (Phi) is 6.83. The van der Waals surface area contributed by atoms with E-state index in [1.807, 2.05) is 30.3 Å². The lowest BCUT2D eigenvalue weighted by Gasteiger charge is -2.24. The number of nitro benzene ring substituents is 1. The Hall–Kier alpha value is -4.28. The molecule has 192 valence electrons. The van der Waals surface area contributed by atoms with Gasteiger partial charge in [0, 0.05) is 17.7 Å². The van der Waals surface area contributed by atoms with E-state index in [2.05, 4.69) is 4.99 Å². The van der Waals surface area contributed by atoms with E-state index in [0.717, 1.165) is 5.56 Å². The van der Waals surface area contributed by atoms with Crippen LogP contribution in [-0.4, -0.2) is 22.1 Å². The molecule has 0 bridgehead atoms. The zero-order valence-corrected chi connectivity index (χ0v) is 21.8. The molecule has 38 heavy (non-hydrogen) atoms. The van der Waals surface area contributed by atoms with Gasteiger partial charge in [0.25, 0.3) is 11.2 Å². The van der Waals surface area contributed by atoms with Crippen molar-refractivity contribution in [2.45, 2.75) is 19.9 Å². The minimum Gasteiger partial charge on any atom is -0.463 e. The van der Waals surface area contributed by atoms with Gasteiger partial charge in [0.2, 0.25) is 0 Å². The Labute approximate surface area is 224 Å². The van der Waals surface area contributed by atoms with Crippen LogP contribution in [0.2, 0.25) is 5.02 Å². The minimum absolute atomic E-state index is 0.0251. The van der Waals surface area contributed by atoms with Crippen molar-refractivity contribution < 1.29 is 18.9 Å². The molecule has 2 aromatic carbocycles. The fraction of sp³-hybridized carbons (Fsp3) is 0.148. The van der Waals surface area contributed by atoms with Crippen LogP contribution in [0.3, 0.4) is 0 Å². The maximum absolute atomic E-state index is 13.6. The van der Waals surface area contributed by atoms with Crippen LogP contribution in [0.5, 0.6) is 0 Å². The van der Waals surface area contributed by atoms with E-state index in [0.29, 0.717) is 37.7 Å². The van der Waals surface area contributed by atoms with Gasteiger partial charge < -0.3 is 9.15 Å². The van der Waals surface area contributed by atoms with Gasteiger partial charge in [0.1, 0.15) is 16.5 Å². The van der Waals surface area contributed by atoms with Crippen molar-refractivity contribution in [1.29, 1.82) is 0 Å². The number of hydrogen-bond acceptors (Lipinski definition) is 8. The van der Waals surface area contributed by atoms with Crippen molar-refractivity contribution >= 4 is 40.7 Å². The Morgan fingerprint density at radius 1 is 1.24 bits per heavy atom. The number of rotatable bonds is 6. The third kappa shape index (κ3) is 4.59. The number of carbonyl (C=O) groups is 1. The molecule has 2 aromatic heterocycles. The van der Waals surface area contributed by atoms with Gasteiger partial charge in [-0.3, -0.25) is 19.5 Å². The first kappa shape index (κ1) is 25.4. The number of furan rings is 1. The highest BCUT2D eigenvalue weighted by molar-refractivity contribution is 7.07. The predicted octanol–water partition coefficient (Wildman–Crippen LogP) is 4.62. The molecule has 0 unspecified atom stereocenters. The van der Waals surface area contributed by atoms with Gasteiger partial charge in [-0.15, -0.1) is 0 Å². The summed E-state index contributed by atoms with van der Waals surface area (Å²) in [7, 11) is 0. The van der Waals surface area contributed by atoms with Gasteiger partial charge in [0.05, 0.1) is 33.4 Å². The molecule has 0 amide bonds. The van der Waals surface area contributed by atoms with E-state index in [-0.39, 0.29) is 22.9 Å². The molecule has 9 nitrogen and oxygen atoms in total. The Morgan fingerprint density at radius 2 is 2.00 bits per heavy atom. The number of aromatic nitrogens is 1. The molecule has 4 aromatic rings. The summed E-state index contributed by atoms with van der Waals surface area (Å²) < 4.78 is 13.0. The first-order valence-electron chi connectivity index (χ1n) is 11.6. The SMILES string of the molecule is CCOC(=O)C1=C(C)N=c2s/c(=C/c3ccc(-c4ccc(Cl)c([N+](=O)[O-])c4)o3)c(=O)n2[C@@H]1c1ccccc1. The fourth-order valence-corrected chi connectivity index (χ4v) is 5.48. The number of ether oxygens (including phenoxy) is 1. The van der Waals surface area contributed by atoms with Crippen molar-refractivity contribution in [1.82, 2.24) is 4.57 Å². The normalized spacial score (nSPS) is 15.2. The van der Waals surface area contributed by atoms with Crippen LogP contribution in [0.1, 0.15) is 31.2 Å². The molecular formula is C27H20ClN3O6S. The largest absolute Gasteiger partial charge is 0.463 e. The third-order valence-corrected chi connectivity index (χ3v) is 7.26. The van der Waals surface area contributed by atoms with Crippen molar-refractivity contribution in [2.75, 3.05) is 6.61 Å². The maximum Gasteiger partial charge on any atom is 0.338 e. The third-order valence-electron chi connectivity index (χ3n) is 5.96. The number of allylic oxidation sites excluding steroid dienone is 1. The molecule has 3 heterocycles. The Bertz CT molecular complexity index is 1780. The van der Waals surface area contributed by atoms with E-state index in [4.69, 9.17) is 20.8 Å². The van der Waals surface area contributed by atoms with Gasteiger partial charge in [0.15, 0.2) is 4.80 Å². The summed E-state index contributed by atoms with van der Waals surface area (Å²) in [4.78, 5) is 42.2. The molecule has 0 spiro atoms. The lowest BCUT2D eigenvalue weighted by molar-refractivity contribution is -0.384. The quantitative estimate of drug-likeness (QED) is 0.197. The molecule has 0 saturated carbocycles. The summed E-state index contributed by atoms with van der Waals surface area (Å²) in [6.07, 6.45) is 1.59. The molecule has 0 radical (unpaired) electrons. The van der Waals surface area contributed by atoms with Crippen LogP contribution in [0, 0.1) is 10.1 Å². The molecule has 0 saturated heterocycles. The highest BCUT2D eigenvalue weighted by Gasteiger charge is 2.33. The number of esters is 1. The number of nitrogens with zero attached hydrogens (tertiary/aromatic N) is 3. The lowest BCUT2D eigenvalue weighted by atomic mass is 9.96. The summed E-state index contributed by atoms with van der Waals surface area (Å²) in [5.74, 6) is 0.233. The minimum atomic E-state index is -0.699. The first-order chi connectivity index (χ1) is 18.3. The zero-order valence-electron chi connectivity index (χ0n) is 20.2. The second-order valence-corrected chi connectivity index (χ2v) is 9.75. The summed E-state index contributed by atoms with van der Waals surface area (Å²) >= 11 is 7.09. The van der Waals surface area contributed by atoms with E-state index in [9.17, 15) is 19.7 Å². The van der Waals surface area contributed by atoms with Crippen molar-refractivity contribution in [3.63, 3.8) is 0 Å². The predicted molar refractivity (Wildman–Crippen MR) is 143 cm³/mol. The topological polar surface area (TPSA) is 117 Å². The van der Waals surface area contributed by atoms with Crippen molar-refractivity contribution in [2.24, 2.45) is 4.99 Å². The zero-order chi connectivity index (χ0) is 27.0. The molecule has 11 heteroatoms. The van der Waals surface area contributed by atoms with Crippen molar-refractivity contribution in [3.05, 3.63) is 118 Å². The highest BCUT2D eigenvalue weighted by atomic mass is 35.5. The van der Waals surface area contributed by atoms with Crippen molar-refractivity contribution in [3.8, 4) is 11.3 Å². The van der Waals surface area contributed by atoms with Crippen LogP contribution in [0.4, 0.5) is 5.69 Å². The van der Waals surface area contributed by atoms with Crippen LogP contribution >= 0.6 is 22.9 Å². The molecule has 1 aliphatic rings. The smallest absolute Gasteiger partial charge is 0.338 e. The van der Waals surface area contributed by atoms with Crippen LogP contribution in [0.25, 0.3) is 17.4 Å². The van der Waals surface area contributed by atoms with E-state index in [1.165, 1.54) is 28.0 Å². The second-order valence-electron chi connectivity index (χ2n) is 8.34. The van der Waals surface area contributed by atoms with Crippen LogP contribution < -0.4 is 14.9 Å². The molecule has 0 fully saturated rings. The average molecular weight is 550 g/mol. The van der Waals surface area contributed by atoms with Gasteiger partial charge >= 0.3 is 5.97 Å². The number of fused-ring (bicyclic) bond motifs is 1. The summed E-state index contributed by atoms with van der Waals surface area (Å²) in [5.41, 5.74) is 1.44. The molecule has 0 N–H and O–H groups in total. The summed E-state index contributed by atoms with van der Waals surface area (Å²) in [6, 6.07) is 16.3. The Balaban J connectivity index is 1.61. The van der Waals surface area contributed by atoms with E-state index < -0.39 is 16.9 Å². The first-order valence-corrected chi connectivity index (χ1v) is 12.8. The fourth-order valence-electron chi connectivity index (χ4n) is 4.26. The van der Waals surface area contributed by atoms with Gasteiger partial charge in [-0.2, -0.15) is 0 Å². The molecule has 1 atom stereocenters. The van der Waals surface area contributed by atoms with Gasteiger partial charge in [-0.25, -0.2) is 9.79 Å². The number of thiazole rings is 1. The number of hydrogen-bond donors (Lipinski definition) is 0. The summed E-state index contributed by atoms with van der Waals surface area (Å²) in [5, 5.41) is 11.3. The standard InChI is InChI=1S/C27H20ClN3O6S/c1-3-36-26(33)23-15(2)29-27-30(24(23)16-7-5-4-6-8-16)25(32)22(38-27)14-18-10-12-21(37-18)17-9-11-19(28)20(13-17)31(34)35/h4-14,24H,3H2,1-2H3/b22-14+/t24-/m1/s1. The average Bonchev–Trinajstić information content (AvgIpc) is 3.48. The lowest BCUT2D eigenvalue weighted by Crippen LogP contribution is -2.39. The number of carbonyl (C=O) groups excluding carboxylic acids is 1. The molecule has 1 aliphatic heterocycles. The van der Waals surface area contributed by atoms with E-state index >= 15 is 0 Å². The number of nitro groups is 1. The highest BCUT2D eigenvalue weighted by Crippen LogP contribution is 2.32. The number of halogens is 1. The van der Waals surface area contributed by atoms with E-state index in [1.54, 1.807) is 38.1 Å². The van der Waals surface area contributed by atoms with Crippen LogP contribution in [-0.2, 0) is 9.53 Å². The van der Waals surface area contributed by atoms with Crippen LogP contribution in [0.15, 0.2) is 86.1 Å². The Morgan fingerprint density at radius 3 is 2.71 bits per heavy atom.